The largest absolute Gasteiger partial charge is 0.537 e. The van der Waals surface area contributed by atoms with E-state index in [1.807, 2.05) is 0 Å². The van der Waals surface area contributed by atoms with E-state index in [0.29, 0.717) is 0 Å². The van der Waals surface area contributed by atoms with Crippen molar-refractivity contribution < 1.29 is 4.57 Å². The van der Waals surface area contributed by atoms with Gasteiger partial charge in [-0.3, -0.25) is 4.81 Å². The van der Waals surface area contributed by atoms with Crippen LogP contribution in [0, 0.1) is 6.92 Å². The van der Waals surface area contributed by atoms with Gasteiger partial charge in [-0.2, -0.15) is 0 Å². The van der Waals surface area contributed by atoms with Crippen LogP contribution in [0.25, 0.3) is 0 Å². The molecule has 21 heavy (non-hydrogen) atoms. The van der Waals surface area contributed by atoms with Crippen molar-refractivity contribution in [2.45, 2.75) is 13.8 Å². The molecule has 0 spiro atoms. The molecule has 1 aliphatic rings. The quantitative estimate of drug-likeness (QED) is 0.626. The molecule has 0 aliphatic carbocycles. The van der Waals surface area contributed by atoms with Crippen LogP contribution in [0.4, 0.5) is 5.82 Å². The van der Waals surface area contributed by atoms with E-state index in [9.17, 15) is 0 Å². The second kappa shape index (κ2) is 5.64. The molecule has 4 heteroatoms. The Morgan fingerprint density at radius 2 is 1.81 bits per heavy atom. The number of aromatic nitrogens is 1. The minimum Gasteiger partial charge on any atom is -0.374 e. The lowest BCUT2D eigenvalue weighted by Crippen LogP contribution is -2.56. The Balaban J connectivity index is 2.06. The van der Waals surface area contributed by atoms with Gasteiger partial charge in [-0.15, -0.1) is 0 Å². The molecule has 0 bridgehead atoms. The zero-order chi connectivity index (χ0) is 14.8. The number of aryl methyl sites for hydroxylation is 2. The lowest BCUT2D eigenvalue weighted by atomic mass is 9.63. The Morgan fingerprint density at radius 3 is 2.52 bits per heavy atom. The fourth-order valence-corrected chi connectivity index (χ4v) is 2.95. The summed E-state index contributed by atoms with van der Waals surface area (Å²) in [6, 6.07) is 14.9. The first-order valence-corrected chi connectivity index (χ1v) is 7.45. The van der Waals surface area contributed by atoms with Crippen molar-refractivity contribution >= 4 is 18.3 Å². The van der Waals surface area contributed by atoms with Gasteiger partial charge in [0.25, 0.3) is 5.82 Å². The predicted molar refractivity (Wildman–Crippen MR) is 88.2 cm³/mol. The third-order valence-electron chi connectivity index (χ3n) is 4.12. The predicted octanol–water partition coefficient (Wildman–Crippen LogP) is 1.83. The van der Waals surface area contributed by atoms with Gasteiger partial charge in [0.2, 0.25) is 0 Å². The number of hydrogen-bond acceptors (Lipinski definition) is 2. The van der Waals surface area contributed by atoms with E-state index in [1.54, 1.807) is 0 Å². The molecule has 106 valence electrons. The van der Waals surface area contributed by atoms with E-state index in [-0.39, 0.29) is 6.98 Å². The molecule has 1 aromatic heterocycles. The second-order valence-corrected chi connectivity index (χ2v) is 5.44. The van der Waals surface area contributed by atoms with Crippen molar-refractivity contribution in [1.29, 1.82) is 0 Å². The Bertz CT molecular complexity index is 669. The highest BCUT2D eigenvalue weighted by Crippen LogP contribution is 2.19. The van der Waals surface area contributed by atoms with Crippen LogP contribution in [0.15, 0.2) is 61.1 Å². The molecule has 0 N–H and O–H groups in total. The molecule has 0 unspecified atom stereocenters. The van der Waals surface area contributed by atoms with E-state index >= 15 is 0 Å². The van der Waals surface area contributed by atoms with Crippen molar-refractivity contribution in [1.82, 2.24) is 4.81 Å². The molecule has 0 fully saturated rings. The summed E-state index contributed by atoms with van der Waals surface area (Å²) in [6.07, 6.45) is 6.45. The molecule has 2 aromatic rings. The highest BCUT2D eigenvalue weighted by Gasteiger charge is 2.43. The maximum absolute atomic E-state index is 2.37. The number of nitrogens with zero attached hydrogens (tertiary/aromatic N) is 3. The average molecular weight is 278 g/mol. The number of pyridine rings is 1. The summed E-state index contributed by atoms with van der Waals surface area (Å²) < 4.78 is 2.16. The van der Waals surface area contributed by atoms with Gasteiger partial charge in [-0.25, -0.2) is 4.57 Å². The van der Waals surface area contributed by atoms with Crippen LogP contribution in [0.5, 0.6) is 0 Å². The SMILES string of the molecule is CCN1C=CN(c2cccc[n+]2C)B1c1ccccc1C. The molecule has 3 nitrogen and oxygen atoms in total. The minimum absolute atomic E-state index is 0.227. The van der Waals surface area contributed by atoms with Crippen molar-refractivity contribution in [3.05, 3.63) is 66.6 Å². The Kier molecular flexibility index (Phi) is 3.69. The van der Waals surface area contributed by atoms with Gasteiger partial charge in [0.1, 0.15) is 0 Å². The number of hydrogen-bond donors (Lipinski definition) is 0. The third kappa shape index (κ3) is 2.42. The molecule has 0 radical (unpaired) electrons. The van der Waals surface area contributed by atoms with Gasteiger partial charge < -0.3 is 4.81 Å². The van der Waals surface area contributed by atoms with E-state index in [2.05, 4.69) is 96.1 Å². The van der Waals surface area contributed by atoms with Crippen molar-refractivity contribution in [3.63, 3.8) is 0 Å². The van der Waals surface area contributed by atoms with E-state index in [1.165, 1.54) is 16.8 Å². The van der Waals surface area contributed by atoms with Gasteiger partial charge in [0.05, 0.1) is 19.4 Å². The summed E-state index contributed by atoms with van der Waals surface area (Å²) in [5.41, 5.74) is 2.68. The zero-order valence-corrected chi connectivity index (χ0v) is 12.9. The van der Waals surface area contributed by atoms with Gasteiger partial charge in [0, 0.05) is 18.8 Å². The maximum Gasteiger partial charge on any atom is 0.537 e. The smallest absolute Gasteiger partial charge is 0.374 e. The highest BCUT2D eigenvalue weighted by atomic mass is 15.3. The van der Waals surface area contributed by atoms with Crippen molar-refractivity contribution in [2.24, 2.45) is 7.05 Å². The molecule has 2 heterocycles. The fraction of sp³-hybridized carbons (Fsp3) is 0.235. The fourth-order valence-electron chi connectivity index (χ4n) is 2.95. The van der Waals surface area contributed by atoms with Crippen LogP contribution in [0.3, 0.4) is 0 Å². The maximum atomic E-state index is 2.37. The lowest BCUT2D eigenvalue weighted by molar-refractivity contribution is -0.658. The highest BCUT2D eigenvalue weighted by molar-refractivity contribution is 6.75. The molecule has 0 saturated carbocycles. The molecule has 0 amide bonds. The van der Waals surface area contributed by atoms with Crippen LogP contribution in [-0.2, 0) is 7.05 Å². The molecule has 1 aliphatic heterocycles. The van der Waals surface area contributed by atoms with Crippen LogP contribution in [0.2, 0.25) is 0 Å². The van der Waals surface area contributed by atoms with Gasteiger partial charge in [-0.1, -0.05) is 35.9 Å². The monoisotopic (exact) mass is 278 g/mol. The summed E-state index contributed by atoms with van der Waals surface area (Å²) in [5, 5.41) is 0. The van der Waals surface area contributed by atoms with E-state index in [4.69, 9.17) is 0 Å². The van der Waals surface area contributed by atoms with Crippen molar-refractivity contribution in [2.75, 3.05) is 11.4 Å². The first-order valence-electron chi connectivity index (χ1n) is 7.45. The van der Waals surface area contributed by atoms with E-state index in [0.717, 1.165) is 6.54 Å². The summed E-state index contributed by atoms with van der Waals surface area (Å²) in [5.74, 6) is 1.19. The summed E-state index contributed by atoms with van der Waals surface area (Å²) in [6.45, 7) is 5.60. The zero-order valence-electron chi connectivity index (χ0n) is 12.9. The first kappa shape index (κ1) is 13.7. The third-order valence-corrected chi connectivity index (χ3v) is 4.12. The van der Waals surface area contributed by atoms with E-state index < -0.39 is 0 Å². The molecule has 3 rings (SSSR count). The Morgan fingerprint density at radius 1 is 1.05 bits per heavy atom. The number of anilines is 1. The molecule has 0 atom stereocenters. The average Bonchev–Trinajstić information content (AvgIpc) is 2.92. The van der Waals surface area contributed by atoms with Crippen LogP contribution >= 0.6 is 0 Å². The molecule has 1 aromatic carbocycles. The van der Waals surface area contributed by atoms with Crippen LogP contribution < -0.4 is 14.8 Å². The molecular weight excluding hydrogens is 257 g/mol. The first-order chi connectivity index (χ1) is 10.2. The van der Waals surface area contributed by atoms with Gasteiger partial charge in [0.15, 0.2) is 0 Å². The van der Waals surface area contributed by atoms with Gasteiger partial charge >= 0.3 is 6.98 Å². The Labute approximate surface area is 127 Å². The number of benzene rings is 1. The molecular formula is C17H21BN3+. The summed E-state index contributed by atoms with van der Waals surface area (Å²) in [4.78, 5) is 4.71. The summed E-state index contributed by atoms with van der Waals surface area (Å²) in [7, 11) is 2.09. The van der Waals surface area contributed by atoms with Crippen LogP contribution in [0.1, 0.15) is 12.5 Å². The standard InChI is InChI=1S/C17H21BN3/c1-4-20-13-14-21(17-11-7-8-12-19(17)3)18(20)16-10-6-5-9-15(16)2/h5-14H,4H2,1-3H3/q+1. The molecule has 0 saturated heterocycles. The van der Waals surface area contributed by atoms with Gasteiger partial charge in [-0.05, 0) is 25.4 Å². The van der Waals surface area contributed by atoms with Crippen molar-refractivity contribution in [3.8, 4) is 0 Å². The van der Waals surface area contributed by atoms with Crippen LogP contribution in [-0.4, -0.2) is 18.3 Å². The minimum atomic E-state index is 0.227. The number of rotatable bonds is 3. The normalized spacial score (nSPS) is 14.1. The Hall–Kier alpha value is -2.23. The second-order valence-electron chi connectivity index (χ2n) is 5.44. The lowest BCUT2D eigenvalue weighted by Gasteiger charge is -2.24. The summed E-state index contributed by atoms with van der Waals surface area (Å²) >= 11 is 0. The topological polar surface area (TPSA) is 10.4 Å².